The van der Waals surface area contributed by atoms with E-state index in [2.05, 4.69) is 10.2 Å². The van der Waals surface area contributed by atoms with Crippen molar-refractivity contribution in [1.82, 2.24) is 19.8 Å². The lowest BCUT2D eigenvalue weighted by atomic mass is 10.1. The topological polar surface area (TPSA) is 80.0 Å². The van der Waals surface area contributed by atoms with Crippen molar-refractivity contribution in [2.45, 2.75) is 0 Å². The molecule has 0 aliphatic rings. The fourth-order valence-corrected chi connectivity index (χ4v) is 4.33. The number of rotatable bonds is 7. The van der Waals surface area contributed by atoms with Gasteiger partial charge in [-0.2, -0.15) is 9.61 Å². The Bertz CT molecular complexity index is 1390. The number of para-hydroxylation sites is 2. The molecule has 0 aliphatic carbocycles. The number of hydrogen-bond donors (Lipinski definition) is 0. The first-order chi connectivity index (χ1) is 16.2. The highest BCUT2D eigenvalue weighted by Crippen LogP contribution is 2.41. The SMILES string of the molecule is COc1cc(-c2nnc3sc(-c4ccccc4Oc4ccccc4)nn23)cc(OC)c1OC. The van der Waals surface area contributed by atoms with Crippen LogP contribution in [0.15, 0.2) is 66.7 Å². The molecule has 0 atom stereocenters. The molecule has 0 amide bonds. The van der Waals surface area contributed by atoms with E-state index in [9.17, 15) is 0 Å². The van der Waals surface area contributed by atoms with Crippen LogP contribution in [0.25, 0.3) is 26.9 Å². The molecule has 2 heterocycles. The van der Waals surface area contributed by atoms with Crippen molar-refractivity contribution in [3.8, 4) is 50.7 Å². The van der Waals surface area contributed by atoms with Crippen molar-refractivity contribution in [2.75, 3.05) is 21.3 Å². The van der Waals surface area contributed by atoms with Gasteiger partial charge in [0.25, 0.3) is 0 Å². The number of fused-ring (bicyclic) bond motifs is 1. The average Bonchev–Trinajstić information content (AvgIpc) is 3.45. The van der Waals surface area contributed by atoms with Gasteiger partial charge in [-0.1, -0.05) is 41.7 Å². The molecule has 0 fully saturated rings. The maximum Gasteiger partial charge on any atom is 0.235 e. The number of aromatic nitrogens is 4. The number of nitrogens with zero attached hydrogens (tertiary/aromatic N) is 4. The summed E-state index contributed by atoms with van der Waals surface area (Å²) in [6, 6.07) is 21.1. The van der Waals surface area contributed by atoms with E-state index in [-0.39, 0.29) is 0 Å². The average molecular weight is 461 g/mol. The monoisotopic (exact) mass is 460 g/mol. The zero-order valence-electron chi connectivity index (χ0n) is 18.2. The Hall–Kier alpha value is -4.11. The summed E-state index contributed by atoms with van der Waals surface area (Å²) in [6.07, 6.45) is 0. The van der Waals surface area contributed by atoms with Crippen LogP contribution in [0.2, 0.25) is 0 Å². The minimum absolute atomic E-state index is 0.510. The molecule has 0 aliphatic heterocycles. The van der Waals surface area contributed by atoms with Crippen LogP contribution in [0.1, 0.15) is 0 Å². The maximum absolute atomic E-state index is 6.11. The third kappa shape index (κ3) is 3.83. The molecule has 0 unspecified atom stereocenters. The lowest BCUT2D eigenvalue weighted by Gasteiger charge is -2.13. The van der Waals surface area contributed by atoms with Gasteiger partial charge in [-0.05, 0) is 36.4 Å². The van der Waals surface area contributed by atoms with Crippen LogP contribution in [0.3, 0.4) is 0 Å². The molecule has 0 saturated carbocycles. The smallest absolute Gasteiger partial charge is 0.235 e. The lowest BCUT2D eigenvalue weighted by molar-refractivity contribution is 0.324. The summed E-state index contributed by atoms with van der Waals surface area (Å²) in [6.45, 7) is 0. The van der Waals surface area contributed by atoms with Crippen LogP contribution in [0, 0.1) is 0 Å². The fraction of sp³-hybridized carbons (Fsp3) is 0.125. The van der Waals surface area contributed by atoms with Gasteiger partial charge in [-0.25, -0.2) is 0 Å². The van der Waals surface area contributed by atoms with Crippen molar-refractivity contribution >= 4 is 16.3 Å². The second-order valence-electron chi connectivity index (χ2n) is 6.95. The van der Waals surface area contributed by atoms with Crippen molar-refractivity contribution < 1.29 is 18.9 Å². The van der Waals surface area contributed by atoms with Gasteiger partial charge >= 0.3 is 0 Å². The van der Waals surface area contributed by atoms with Crippen molar-refractivity contribution in [1.29, 1.82) is 0 Å². The molecule has 0 radical (unpaired) electrons. The van der Waals surface area contributed by atoms with Gasteiger partial charge in [0.05, 0.1) is 26.9 Å². The summed E-state index contributed by atoms with van der Waals surface area (Å²) in [5.41, 5.74) is 1.61. The van der Waals surface area contributed by atoms with Crippen molar-refractivity contribution in [2.24, 2.45) is 0 Å². The van der Waals surface area contributed by atoms with Crippen LogP contribution < -0.4 is 18.9 Å². The first kappa shape index (κ1) is 20.8. The summed E-state index contributed by atoms with van der Waals surface area (Å²) in [5.74, 6) is 3.60. The summed E-state index contributed by atoms with van der Waals surface area (Å²) < 4.78 is 24.2. The van der Waals surface area contributed by atoms with Gasteiger partial charge in [-0.15, -0.1) is 10.2 Å². The summed E-state index contributed by atoms with van der Waals surface area (Å²) >= 11 is 1.43. The van der Waals surface area contributed by atoms with E-state index in [4.69, 9.17) is 24.0 Å². The first-order valence-corrected chi connectivity index (χ1v) is 10.9. The lowest BCUT2D eigenvalue weighted by Crippen LogP contribution is -1.97. The minimum atomic E-state index is 0.510. The van der Waals surface area contributed by atoms with E-state index < -0.39 is 0 Å². The van der Waals surface area contributed by atoms with Crippen LogP contribution in [-0.4, -0.2) is 41.1 Å². The quantitative estimate of drug-likeness (QED) is 0.324. The summed E-state index contributed by atoms with van der Waals surface area (Å²) in [5, 5.41) is 14.2. The minimum Gasteiger partial charge on any atom is -0.493 e. The van der Waals surface area contributed by atoms with Crippen LogP contribution in [0.5, 0.6) is 28.7 Å². The Kier molecular flexibility index (Phi) is 5.54. The largest absolute Gasteiger partial charge is 0.493 e. The number of ether oxygens (including phenoxy) is 4. The Balaban J connectivity index is 1.58. The van der Waals surface area contributed by atoms with Gasteiger partial charge in [0.2, 0.25) is 10.7 Å². The van der Waals surface area contributed by atoms with E-state index in [0.29, 0.717) is 33.8 Å². The molecule has 0 saturated heterocycles. The van der Waals surface area contributed by atoms with Crippen LogP contribution in [0.4, 0.5) is 0 Å². The second kappa shape index (κ2) is 8.79. The number of methoxy groups -OCH3 is 3. The predicted octanol–water partition coefficient (Wildman–Crippen LogP) is 5.34. The Morgan fingerprint density at radius 2 is 1.45 bits per heavy atom. The molecule has 0 N–H and O–H groups in total. The zero-order chi connectivity index (χ0) is 22.8. The third-order valence-electron chi connectivity index (χ3n) is 5.00. The Morgan fingerprint density at radius 3 is 2.15 bits per heavy atom. The molecule has 2 aromatic heterocycles. The van der Waals surface area contributed by atoms with Crippen molar-refractivity contribution in [3.05, 3.63) is 66.7 Å². The van der Waals surface area contributed by atoms with Gasteiger partial charge in [0.15, 0.2) is 22.3 Å². The second-order valence-corrected chi connectivity index (χ2v) is 7.91. The van der Waals surface area contributed by atoms with E-state index in [1.807, 2.05) is 66.7 Å². The van der Waals surface area contributed by atoms with Gasteiger partial charge in [0, 0.05) is 5.56 Å². The molecule has 5 aromatic rings. The maximum atomic E-state index is 6.11. The molecule has 3 aromatic carbocycles. The standard InChI is InChI=1S/C24H20N4O4S/c1-29-19-13-15(14-20(30-2)21(19)31-3)22-25-26-24-28(22)27-23(33-24)17-11-7-8-12-18(17)32-16-9-5-4-6-10-16/h4-14H,1-3H3. The van der Waals surface area contributed by atoms with E-state index in [1.54, 1.807) is 25.8 Å². The molecule has 0 spiro atoms. The van der Waals surface area contributed by atoms with Gasteiger partial charge < -0.3 is 18.9 Å². The van der Waals surface area contributed by atoms with Gasteiger partial charge in [0.1, 0.15) is 11.5 Å². The molecule has 8 nitrogen and oxygen atoms in total. The number of hydrogen-bond acceptors (Lipinski definition) is 8. The van der Waals surface area contributed by atoms with E-state index >= 15 is 0 Å². The summed E-state index contributed by atoms with van der Waals surface area (Å²) in [7, 11) is 4.72. The highest BCUT2D eigenvalue weighted by Gasteiger charge is 2.20. The molecule has 0 bridgehead atoms. The molecular formula is C24H20N4O4S. The Morgan fingerprint density at radius 1 is 0.758 bits per heavy atom. The first-order valence-electron chi connectivity index (χ1n) is 10.1. The summed E-state index contributed by atoms with van der Waals surface area (Å²) in [4.78, 5) is 0.656. The van der Waals surface area contributed by atoms with E-state index in [0.717, 1.165) is 21.9 Å². The molecule has 5 rings (SSSR count). The highest BCUT2D eigenvalue weighted by atomic mass is 32.1. The number of benzene rings is 3. The fourth-order valence-electron chi connectivity index (χ4n) is 3.46. The Labute approximate surface area is 194 Å². The predicted molar refractivity (Wildman–Crippen MR) is 126 cm³/mol. The normalized spacial score (nSPS) is 10.9. The zero-order valence-corrected chi connectivity index (χ0v) is 19.0. The highest BCUT2D eigenvalue weighted by molar-refractivity contribution is 7.19. The van der Waals surface area contributed by atoms with Crippen LogP contribution in [-0.2, 0) is 0 Å². The van der Waals surface area contributed by atoms with E-state index in [1.165, 1.54) is 11.3 Å². The molecule has 33 heavy (non-hydrogen) atoms. The third-order valence-corrected chi connectivity index (χ3v) is 5.93. The van der Waals surface area contributed by atoms with Crippen LogP contribution >= 0.6 is 11.3 Å². The van der Waals surface area contributed by atoms with Crippen molar-refractivity contribution in [3.63, 3.8) is 0 Å². The molecule has 9 heteroatoms. The van der Waals surface area contributed by atoms with Gasteiger partial charge in [-0.3, -0.25) is 0 Å². The molecular weight excluding hydrogens is 440 g/mol. The molecule has 166 valence electrons.